The molecular weight excluding hydrogens is 346 g/mol. The van der Waals surface area contributed by atoms with Crippen LogP contribution in [0.15, 0.2) is 47.5 Å². The molecule has 8 heteroatoms. The Balaban J connectivity index is 1.47. The van der Waals surface area contributed by atoms with Crippen LogP contribution in [0.4, 0.5) is 0 Å². The van der Waals surface area contributed by atoms with Gasteiger partial charge < -0.3 is 19.8 Å². The first-order chi connectivity index (χ1) is 13.1. The van der Waals surface area contributed by atoms with Crippen molar-refractivity contribution in [2.45, 2.75) is 6.42 Å². The summed E-state index contributed by atoms with van der Waals surface area (Å²) < 4.78 is 0. The van der Waals surface area contributed by atoms with E-state index in [9.17, 15) is 14.4 Å². The molecule has 0 unspecified atom stereocenters. The van der Waals surface area contributed by atoms with Crippen molar-refractivity contribution in [3.63, 3.8) is 0 Å². The van der Waals surface area contributed by atoms with E-state index in [1.807, 2.05) is 0 Å². The molecule has 1 fully saturated rings. The molecule has 0 saturated carbocycles. The molecule has 0 aliphatic carbocycles. The standard InChI is InChI=1S/C19H19N5O3/c25-17(13-4-5-15-16(11-13)22-19(27)21-15)23-7-2-8-24(10-9-23)18(26)14-3-1-6-20-12-14/h1,3-6,11-12H,2,7-10H2,(H2,21,22,27). The number of fused-ring (bicyclic) bond motifs is 1. The summed E-state index contributed by atoms with van der Waals surface area (Å²) in [7, 11) is 0. The number of pyridine rings is 1. The van der Waals surface area contributed by atoms with Crippen LogP contribution in [-0.2, 0) is 0 Å². The lowest BCUT2D eigenvalue weighted by Crippen LogP contribution is -2.37. The van der Waals surface area contributed by atoms with E-state index in [1.54, 1.807) is 52.5 Å². The van der Waals surface area contributed by atoms with Gasteiger partial charge >= 0.3 is 5.69 Å². The third-order valence-electron chi connectivity index (χ3n) is 4.74. The number of aromatic nitrogens is 3. The minimum Gasteiger partial charge on any atom is -0.337 e. The summed E-state index contributed by atoms with van der Waals surface area (Å²) >= 11 is 0. The third kappa shape index (κ3) is 3.46. The van der Waals surface area contributed by atoms with Gasteiger partial charge in [-0.25, -0.2) is 4.79 Å². The van der Waals surface area contributed by atoms with E-state index >= 15 is 0 Å². The molecule has 2 N–H and O–H groups in total. The number of nitrogens with one attached hydrogen (secondary N) is 2. The second-order valence-corrected chi connectivity index (χ2v) is 6.52. The van der Waals surface area contributed by atoms with Crippen molar-refractivity contribution in [3.05, 3.63) is 64.3 Å². The molecule has 0 spiro atoms. The molecule has 0 radical (unpaired) electrons. The van der Waals surface area contributed by atoms with Gasteiger partial charge in [-0.1, -0.05) is 0 Å². The number of H-pyrrole nitrogens is 2. The van der Waals surface area contributed by atoms with Crippen LogP contribution in [0.1, 0.15) is 27.1 Å². The van der Waals surface area contributed by atoms with Crippen LogP contribution in [0.5, 0.6) is 0 Å². The zero-order valence-corrected chi connectivity index (χ0v) is 14.6. The van der Waals surface area contributed by atoms with Gasteiger partial charge in [0.05, 0.1) is 16.6 Å². The molecule has 27 heavy (non-hydrogen) atoms. The van der Waals surface area contributed by atoms with Gasteiger partial charge in [-0.15, -0.1) is 0 Å². The summed E-state index contributed by atoms with van der Waals surface area (Å²) in [5.74, 6) is -0.168. The first-order valence-electron chi connectivity index (χ1n) is 8.82. The van der Waals surface area contributed by atoms with Gasteiger partial charge in [0.1, 0.15) is 0 Å². The number of carbonyl (C=O) groups is 2. The molecule has 1 aliphatic heterocycles. The summed E-state index contributed by atoms with van der Waals surface area (Å²) in [6.07, 6.45) is 3.90. The molecule has 3 heterocycles. The first-order valence-corrected chi connectivity index (χ1v) is 8.82. The van der Waals surface area contributed by atoms with E-state index in [0.29, 0.717) is 54.8 Å². The highest BCUT2D eigenvalue weighted by Crippen LogP contribution is 2.15. The van der Waals surface area contributed by atoms with Crippen LogP contribution in [-0.4, -0.2) is 62.7 Å². The highest BCUT2D eigenvalue weighted by molar-refractivity contribution is 5.97. The van der Waals surface area contributed by atoms with Crippen molar-refractivity contribution in [2.24, 2.45) is 0 Å². The SMILES string of the molecule is O=C(c1cccnc1)N1CCCN(C(=O)c2ccc3[nH]c(=O)[nH]c3c2)CC1. The number of amides is 2. The van der Waals surface area contributed by atoms with Gasteiger partial charge in [0.2, 0.25) is 0 Å². The summed E-state index contributed by atoms with van der Waals surface area (Å²) in [4.78, 5) is 49.7. The van der Waals surface area contributed by atoms with E-state index in [-0.39, 0.29) is 17.5 Å². The number of benzene rings is 1. The van der Waals surface area contributed by atoms with Crippen LogP contribution in [0.3, 0.4) is 0 Å². The van der Waals surface area contributed by atoms with Crippen molar-refractivity contribution >= 4 is 22.8 Å². The minimum absolute atomic E-state index is 0.0660. The molecule has 8 nitrogen and oxygen atoms in total. The zero-order chi connectivity index (χ0) is 18.8. The van der Waals surface area contributed by atoms with E-state index in [0.717, 1.165) is 0 Å². The van der Waals surface area contributed by atoms with Crippen LogP contribution >= 0.6 is 0 Å². The molecule has 1 aromatic carbocycles. The smallest absolute Gasteiger partial charge is 0.323 e. The minimum atomic E-state index is -0.297. The van der Waals surface area contributed by atoms with Crippen LogP contribution in [0.2, 0.25) is 0 Å². The number of imidazole rings is 1. The van der Waals surface area contributed by atoms with Gasteiger partial charge in [-0.05, 0) is 36.8 Å². The highest BCUT2D eigenvalue weighted by Gasteiger charge is 2.23. The van der Waals surface area contributed by atoms with Crippen molar-refractivity contribution in [2.75, 3.05) is 26.2 Å². The van der Waals surface area contributed by atoms with Gasteiger partial charge in [-0.3, -0.25) is 14.6 Å². The van der Waals surface area contributed by atoms with Crippen molar-refractivity contribution < 1.29 is 9.59 Å². The fourth-order valence-electron chi connectivity index (χ4n) is 3.34. The summed E-state index contributed by atoms with van der Waals surface area (Å²) in [5, 5.41) is 0. The lowest BCUT2D eigenvalue weighted by Gasteiger charge is -2.22. The lowest BCUT2D eigenvalue weighted by molar-refractivity contribution is 0.0718. The van der Waals surface area contributed by atoms with E-state index in [4.69, 9.17) is 0 Å². The Kier molecular flexibility index (Phi) is 4.45. The molecule has 2 amide bonds. The Hall–Kier alpha value is -3.42. The maximum absolute atomic E-state index is 12.9. The van der Waals surface area contributed by atoms with Crippen LogP contribution < -0.4 is 5.69 Å². The van der Waals surface area contributed by atoms with Gasteiger partial charge in [-0.2, -0.15) is 0 Å². The maximum Gasteiger partial charge on any atom is 0.323 e. The second-order valence-electron chi connectivity index (χ2n) is 6.52. The monoisotopic (exact) mass is 365 g/mol. The average molecular weight is 365 g/mol. The number of rotatable bonds is 2. The molecular formula is C19H19N5O3. The number of hydrogen-bond acceptors (Lipinski definition) is 4. The molecule has 0 atom stereocenters. The average Bonchev–Trinajstić information content (AvgIpc) is 2.90. The van der Waals surface area contributed by atoms with Gasteiger partial charge in [0.25, 0.3) is 11.8 Å². The highest BCUT2D eigenvalue weighted by atomic mass is 16.2. The second kappa shape index (κ2) is 7.06. The van der Waals surface area contributed by atoms with E-state index < -0.39 is 0 Å². The Morgan fingerprint density at radius 3 is 2.30 bits per heavy atom. The molecule has 138 valence electrons. The first kappa shape index (κ1) is 17.0. The van der Waals surface area contributed by atoms with Gasteiger partial charge in [0, 0.05) is 44.1 Å². The Morgan fingerprint density at radius 2 is 1.59 bits per heavy atom. The lowest BCUT2D eigenvalue weighted by atomic mass is 10.1. The summed E-state index contributed by atoms with van der Waals surface area (Å²) in [5.41, 5.74) is 2.05. The van der Waals surface area contributed by atoms with Crippen molar-refractivity contribution in [1.29, 1.82) is 0 Å². The topological polar surface area (TPSA) is 102 Å². The van der Waals surface area contributed by atoms with Crippen LogP contribution in [0.25, 0.3) is 11.0 Å². The molecule has 3 aromatic rings. The number of nitrogens with zero attached hydrogens (tertiary/aromatic N) is 3. The van der Waals surface area contributed by atoms with Crippen molar-refractivity contribution in [1.82, 2.24) is 24.8 Å². The predicted octanol–water partition coefficient (Wildman–Crippen LogP) is 1.24. The maximum atomic E-state index is 12.9. The summed E-state index contributed by atoms with van der Waals surface area (Å²) in [6, 6.07) is 8.59. The number of hydrogen-bond donors (Lipinski definition) is 2. The Labute approximate surface area is 154 Å². The fraction of sp³-hybridized carbons (Fsp3) is 0.263. The molecule has 4 rings (SSSR count). The quantitative estimate of drug-likeness (QED) is 0.713. The van der Waals surface area contributed by atoms with Crippen molar-refractivity contribution in [3.8, 4) is 0 Å². The van der Waals surface area contributed by atoms with Crippen LogP contribution in [0, 0.1) is 0 Å². The van der Waals surface area contributed by atoms with E-state index in [2.05, 4.69) is 15.0 Å². The Morgan fingerprint density at radius 1 is 0.889 bits per heavy atom. The van der Waals surface area contributed by atoms with Gasteiger partial charge in [0.15, 0.2) is 0 Å². The molecule has 1 saturated heterocycles. The molecule has 2 aromatic heterocycles. The number of carbonyl (C=O) groups excluding carboxylic acids is 2. The largest absolute Gasteiger partial charge is 0.337 e. The number of aromatic amines is 2. The fourth-order valence-corrected chi connectivity index (χ4v) is 3.34. The third-order valence-corrected chi connectivity index (χ3v) is 4.74. The molecule has 1 aliphatic rings. The normalized spacial score (nSPS) is 15.0. The Bertz CT molecular complexity index is 1040. The van der Waals surface area contributed by atoms with E-state index in [1.165, 1.54) is 0 Å². The summed E-state index contributed by atoms with van der Waals surface area (Å²) in [6.45, 7) is 2.12. The predicted molar refractivity (Wildman–Crippen MR) is 99.6 cm³/mol. The zero-order valence-electron chi connectivity index (χ0n) is 14.6. The molecule has 0 bridgehead atoms.